The van der Waals surface area contributed by atoms with Crippen molar-refractivity contribution in [2.75, 3.05) is 6.54 Å². The molecule has 2 N–H and O–H groups in total. The lowest BCUT2D eigenvalue weighted by Crippen LogP contribution is -2.06. The minimum Gasteiger partial charge on any atom is -0.330 e. The van der Waals surface area contributed by atoms with Crippen molar-refractivity contribution in [2.45, 2.75) is 12.8 Å². The number of alkyl halides is 2. The fourth-order valence-corrected chi connectivity index (χ4v) is 0.921. The molecule has 1 nitrogen and oxygen atoms in total. The molecule has 0 unspecified atom stereocenters. The molecular formula is C5H10ClF2N. The van der Waals surface area contributed by atoms with Crippen LogP contribution in [-0.2, 0) is 0 Å². The highest BCUT2D eigenvalue weighted by molar-refractivity contribution is 5.85. The number of rotatable bonds is 1. The van der Waals surface area contributed by atoms with Crippen LogP contribution in [0, 0.1) is 11.8 Å². The first kappa shape index (κ1) is 9.11. The molecule has 0 aliphatic heterocycles. The van der Waals surface area contributed by atoms with Crippen LogP contribution in [0.5, 0.6) is 0 Å². The van der Waals surface area contributed by atoms with Crippen LogP contribution >= 0.6 is 12.4 Å². The quantitative estimate of drug-likeness (QED) is 0.610. The fourth-order valence-electron chi connectivity index (χ4n) is 0.921. The van der Waals surface area contributed by atoms with Crippen LogP contribution < -0.4 is 5.73 Å². The smallest absolute Gasteiger partial charge is 0.255 e. The largest absolute Gasteiger partial charge is 0.330 e. The van der Waals surface area contributed by atoms with Crippen molar-refractivity contribution in [2.24, 2.45) is 17.6 Å². The maximum absolute atomic E-state index is 12.1. The molecule has 4 heteroatoms. The van der Waals surface area contributed by atoms with Crippen LogP contribution in [0.25, 0.3) is 0 Å². The van der Waals surface area contributed by atoms with E-state index in [9.17, 15) is 8.78 Å². The Morgan fingerprint density at radius 2 is 1.89 bits per heavy atom. The first-order chi connectivity index (χ1) is 3.60. The molecule has 0 amide bonds. The molecule has 0 saturated heterocycles. The van der Waals surface area contributed by atoms with Crippen molar-refractivity contribution < 1.29 is 8.78 Å². The Balaban J connectivity index is 0.000000640. The third-order valence-corrected chi connectivity index (χ3v) is 1.85. The maximum atomic E-state index is 12.1. The van der Waals surface area contributed by atoms with E-state index < -0.39 is 17.8 Å². The van der Waals surface area contributed by atoms with E-state index in [2.05, 4.69) is 0 Å². The molecule has 1 aliphatic carbocycles. The molecule has 1 fully saturated rings. The number of nitrogens with two attached hydrogens (primary N) is 1. The van der Waals surface area contributed by atoms with Gasteiger partial charge in [-0.25, -0.2) is 8.78 Å². The van der Waals surface area contributed by atoms with Gasteiger partial charge in [0, 0.05) is 18.4 Å². The van der Waals surface area contributed by atoms with Gasteiger partial charge in [0.1, 0.15) is 0 Å². The van der Waals surface area contributed by atoms with Gasteiger partial charge in [-0.05, 0) is 0 Å². The molecule has 1 aliphatic rings. The van der Waals surface area contributed by atoms with Crippen LogP contribution in [-0.4, -0.2) is 12.5 Å². The summed E-state index contributed by atoms with van der Waals surface area (Å²) in [5, 5.41) is 0. The summed E-state index contributed by atoms with van der Waals surface area (Å²) in [5.41, 5.74) is 5.02. The number of hydrogen-bond acceptors (Lipinski definition) is 1. The lowest BCUT2D eigenvalue weighted by atomic mass is 10.3. The topological polar surface area (TPSA) is 26.0 Å². The molecule has 0 radical (unpaired) electrons. The zero-order chi connectivity index (χ0) is 6.36. The zero-order valence-electron chi connectivity index (χ0n) is 5.10. The lowest BCUT2D eigenvalue weighted by molar-refractivity contribution is 0.0878. The Morgan fingerprint density at radius 3 is 1.89 bits per heavy atom. The Morgan fingerprint density at radius 1 is 1.56 bits per heavy atom. The molecule has 9 heavy (non-hydrogen) atoms. The van der Waals surface area contributed by atoms with E-state index in [1.807, 2.05) is 0 Å². The summed E-state index contributed by atoms with van der Waals surface area (Å²) in [4.78, 5) is 0. The van der Waals surface area contributed by atoms with Crippen LogP contribution in [0.3, 0.4) is 0 Å². The summed E-state index contributed by atoms with van der Waals surface area (Å²) in [6, 6.07) is 0. The highest BCUT2D eigenvalue weighted by Gasteiger charge is 2.64. The van der Waals surface area contributed by atoms with E-state index in [0.717, 1.165) is 0 Å². The van der Waals surface area contributed by atoms with Gasteiger partial charge in [0.15, 0.2) is 0 Å². The minimum absolute atomic E-state index is 0. The Hall–Kier alpha value is 0.110. The Bertz CT molecular complexity index is 107. The van der Waals surface area contributed by atoms with Gasteiger partial charge < -0.3 is 5.73 Å². The van der Waals surface area contributed by atoms with Crippen LogP contribution in [0.1, 0.15) is 6.92 Å². The molecule has 56 valence electrons. The summed E-state index contributed by atoms with van der Waals surface area (Å²) in [6.45, 7) is 1.64. The van der Waals surface area contributed by atoms with Crippen molar-refractivity contribution in [3.63, 3.8) is 0 Å². The lowest BCUT2D eigenvalue weighted by Gasteiger charge is -1.87. The highest BCUT2D eigenvalue weighted by Crippen LogP contribution is 2.53. The van der Waals surface area contributed by atoms with Crippen molar-refractivity contribution in [1.29, 1.82) is 0 Å². The van der Waals surface area contributed by atoms with Crippen molar-refractivity contribution >= 4 is 12.4 Å². The molecule has 1 saturated carbocycles. The third-order valence-electron chi connectivity index (χ3n) is 1.85. The first-order valence-electron chi connectivity index (χ1n) is 2.68. The standard InChI is InChI=1S/C5H9F2N.ClH/c1-3-4(2-8)5(3,6)7;/h3-4H,2,8H2,1H3;1H/t3-,4-;/m1./s1. The third kappa shape index (κ3) is 1.17. The monoisotopic (exact) mass is 157 g/mol. The van der Waals surface area contributed by atoms with Gasteiger partial charge in [-0.3, -0.25) is 0 Å². The second-order valence-electron chi connectivity index (χ2n) is 2.31. The Labute approximate surface area is 59.0 Å². The predicted molar refractivity (Wildman–Crippen MR) is 33.9 cm³/mol. The normalized spacial score (nSPS) is 37.3. The van der Waals surface area contributed by atoms with E-state index in [1.165, 1.54) is 6.92 Å². The van der Waals surface area contributed by atoms with E-state index >= 15 is 0 Å². The van der Waals surface area contributed by atoms with E-state index in [-0.39, 0.29) is 19.0 Å². The van der Waals surface area contributed by atoms with Crippen molar-refractivity contribution in [3.05, 3.63) is 0 Å². The van der Waals surface area contributed by atoms with Crippen molar-refractivity contribution in [3.8, 4) is 0 Å². The molecule has 2 atom stereocenters. The molecule has 0 heterocycles. The molecule has 0 aromatic rings. The van der Waals surface area contributed by atoms with Gasteiger partial charge in [-0.15, -0.1) is 12.4 Å². The van der Waals surface area contributed by atoms with Gasteiger partial charge in [-0.1, -0.05) is 6.92 Å². The van der Waals surface area contributed by atoms with Gasteiger partial charge in [0.05, 0.1) is 0 Å². The van der Waals surface area contributed by atoms with Crippen LogP contribution in [0.2, 0.25) is 0 Å². The van der Waals surface area contributed by atoms with E-state index in [4.69, 9.17) is 5.73 Å². The average Bonchev–Trinajstić information content (AvgIpc) is 2.09. The van der Waals surface area contributed by atoms with Crippen LogP contribution in [0.4, 0.5) is 8.78 Å². The Kier molecular flexibility index (Phi) is 2.41. The number of hydrogen-bond donors (Lipinski definition) is 1. The second kappa shape index (κ2) is 2.39. The van der Waals surface area contributed by atoms with Gasteiger partial charge >= 0.3 is 0 Å². The maximum Gasteiger partial charge on any atom is 0.255 e. The minimum atomic E-state index is -2.45. The second-order valence-corrected chi connectivity index (χ2v) is 2.31. The first-order valence-corrected chi connectivity index (χ1v) is 2.68. The molecule has 0 spiro atoms. The van der Waals surface area contributed by atoms with Gasteiger partial charge in [-0.2, -0.15) is 0 Å². The van der Waals surface area contributed by atoms with Gasteiger partial charge in [0.2, 0.25) is 0 Å². The van der Waals surface area contributed by atoms with Crippen molar-refractivity contribution in [1.82, 2.24) is 0 Å². The SMILES string of the molecule is C[C@@H]1[C@@H](CN)C1(F)F.Cl. The summed E-state index contributed by atoms with van der Waals surface area (Å²) < 4.78 is 24.2. The summed E-state index contributed by atoms with van der Waals surface area (Å²) in [5.74, 6) is -3.47. The fraction of sp³-hybridized carbons (Fsp3) is 1.00. The predicted octanol–water partition coefficient (Wildman–Crippen LogP) is 1.27. The van der Waals surface area contributed by atoms with E-state index in [1.54, 1.807) is 0 Å². The average molecular weight is 158 g/mol. The molecule has 0 aromatic heterocycles. The van der Waals surface area contributed by atoms with Gasteiger partial charge in [0.25, 0.3) is 5.92 Å². The molecule has 1 rings (SSSR count). The number of halogens is 3. The highest BCUT2D eigenvalue weighted by atomic mass is 35.5. The zero-order valence-corrected chi connectivity index (χ0v) is 5.92. The molecule has 0 aromatic carbocycles. The summed E-state index contributed by atoms with van der Waals surface area (Å²) >= 11 is 0. The molecular weight excluding hydrogens is 148 g/mol. The van der Waals surface area contributed by atoms with Crippen LogP contribution in [0.15, 0.2) is 0 Å². The van der Waals surface area contributed by atoms with E-state index in [0.29, 0.717) is 0 Å². The molecule has 0 bridgehead atoms. The summed E-state index contributed by atoms with van der Waals surface area (Å²) in [6.07, 6.45) is 0. The summed E-state index contributed by atoms with van der Waals surface area (Å²) in [7, 11) is 0.